The van der Waals surface area contributed by atoms with Crippen LogP contribution in [0.1, 0.15) is 18.4 Å². The molecule has 1 saturated heterocycles. The third-order valence-corrected chi connectivity index (χ3v) is 7.17. The number of hydrogen-bond acceptors (Lipinski definition) is 2. The molecule has 0 spiro atoms. The Morgan fingerprint density at radius 1 is 1.22 bits per heavy atom. The van der Waals surface area contributed by atoms with Crippen LogP contribution in [0.4, 0.5) is 0 Å². The molecule has 3 nitrogen and oxygen atoms in total. The molecule has 0 radical (unpaired) electrons. The molecule has 0 unspecified atom stereocenters. The summed E-state index contributed by atoms with van der Waals surface area (Å²) in [5, 5.41) is 0. The molecule has 0 bridgehead atoms. The van der Waals surface area contributed by atoms with E-state index in [4.69, 9.17) is 0 Å². The quantitative estimate of drug-likeness (QED) is 0.393. The first-order valence-electron chi connectivity index (χ1n) is 8.02. The van der Waals surface area contributed by atoms with Crippen molar-refractivity contribution in [3.8, 4) is 0 Å². The van der Waals surface area contributed by atoms with E-state index in [9.17, 15) is 8.42 Å². The smallest absolute Gasteiger partial charge is 0.207 e. The Labute approximate surface area is 152 Å². The molecule has 5 heteroatoms. The molecule has 1 aromatic rings. The van der Waals surface area contributed by atoms with Gasteiger partial charge in [-0.1, -0.05) is 64.1 Å². The van der Waals surface area contributed by atoms with Crippen molar-refractivity contribution in [2.24, 2.45) is 11.8 Å². The molecule has 2 aliphatic rings. The fourth-order valence-electron chi connectivity index (χ4n) is 3.23. The zero-order chi connectivity index (χ0) is 16.4. The number of aryl methyl sites for hydroxylation is 1. The van der Waals surface area contributed by atoms with E-state index in [1.807, 2.05) is 19.1 Å². The summed E-state index contributed by atoms with van der Waals surface area (Å²) in [6, 6.07) is 7.13. The van der Waals surface area contributed by atoms with Crippen LogP contribution in [-0.4, -0.2) is 30.2 Å². The highest BCUT2D eigenvalue weighted by atomic mass is 127. The Morgan fingerprint density at radius 2 is 1.96 bits per heavy atom. The SMILES string of the molecule is Cc1ccc(S(=O)(=O)N2CC3=C[C@@H](CCCI)C=C[C@H]3C2)cc1. The molecule has 0 saturated carbocycles. The summed E-state index contributed by atoms with van der Waals surface area (Å²) in [6.07, 6.45) is 9.11. The van der Waals surface area contributed by atoms with Crippen LogP contribution in [0, 0.1) is 18.8 Å². The normalized spacial score (nSPS) is 24.5. The van der Waals surface area contributed by atoms with E-state index in [1.54, 1.807) is 16.4 Å². The van der Waals surface area contributed by atoms with Crippen LogP contribution < -0.4 is 0 Å². The van der Waals surface area contributed by atoms with E-state index >= 15 is 0 Å². The Balaban J connectivity index is 1.77. The maximum absolute atomic E-state index is 12.8. The predicted molar refractivity (Wildman–Crippen MR) is 102 cm³/mol. The Bertz CT molecular complexity index is 722. The standard InChI is InChI=1S/C18H22INO2S/c1-14-4-8-18(9-5-14)23(21,22)20-12-16-7-6-15(3-2-10-19)11-17(16)13-20/h4-9,11,15-16H,2-3,10,12-13H2,1H3/t15-,16-/m0/s1. The summed E-state index contributed by atoms with van der Waals surface area (Å²) in [5.41, 5.74) is 2.34. The molecule has 1 aromatic carbocycles. The molecule has 0 aromatic heterocycles. The molecule has 1 aliphatic heterocycles. The number of halogens is 1. The summed E-state index contributed by atoms with van der Waals surface area (Å²) in [4.78, 5) is 0.396. The number of allylic oxidation sites excluding steroid dienone is 2. The minimum atomic E-state index is -3.39. The number of hydrogen-bond donors (Lipinski definition) is 0. The summed E-state index contributed by atoms with van der Waals surface area (Å²) in [6.45, 7) is 3.07. The molecule has 124 valence electrons. The molecule has 3 rings (SSSR count). The van der Waals surface area contributed by atoms with Gasteiger partial charge >= 0.3 is 0 Å². The molecular weight excluding hydrogens is 421 g/mol. The van der Waals surface area contributed by atoms with Crippen molar-refractivity contribution >= 4 is 32.6 Å². The van der Waals surface area contributed by atoms with Crippen molar-refractivity contribution in [1.29, 1.82) is 0 Å². The molecule has 1 aliphatic carbocycles. The van der Waals surface area contributed by atoms with E-state index in [-0.39, 0.29) is 5.92 Å². The average Bonchev–Trinajstić information content (AvgIpc) is 2.97. The molecule has 2 atom stereocenters. The maximum Gasteiger partial charge on any atom is 0.243 e. The molecule has 1 heterocycles. The molecule has 0 amide bonds. The van der Waals surface area contributed by atoms with Crippen LogP contribution in [0.2, 0.25) is 0 Å². The van der Waals surface area contributed by atoms with E-state index in [2.05, 4.69) is 40.8 Å². The lowest BCUT2D eigenvalue weighted by molar-refractivity contribution is 0.471. The average molecular weight is 443 g/mol. The summed E-state index contributed by atoms with van der Waals surface area (Å²) < 4.78 is 28.4. The second-order valence-electron chi connectivity index (χ2n) is 6.34. The predicted octanol–water partition coefficient (Wildman–Crippen LogP) is 3.94. The third kappa shape index (κ3) is 3.72. The number of alkyl halides is 1. The second-order valence-corrected chi connectivity index (χ2v) is 9.36. The van der Waals surface area contributed by atoms with E-state index < -0.39 is 10.0 Å². The molecule has 1 fully saturated rings. The highest BCUT2D eigenvalue weighted by Gasteiger charge is 2.35. The van der Waals surface area contributed by atoms with Crippen LogP contribution in [0.3, 0.4) is 0 Å². The Hall–Kier alpha value is -0.660. The van der Waals surface area contributed by atoms with Gasteiger partial charge in [0, 0.05) is 19.0 Å². The number of nitrogens with zero attached hydrogens (tertiary/aromatic N) is 1. The molecule has 0 N–H and O–H groups in total. The first-order valence-corrected chi connectivity index (χ1v) is 11.0. The van der Waals surface area contributed by atoms with Gasteiger partial charge in [0.2, 0.25) is 10.0 Å². The van der Waals surface area contributed by atoms with Gasteiger partial charge in [0.05, 0.1) is 4.90 Å². The highest BCUT2D eigenvalue weighted by molar-refractivity contribution is 14.1. The molecular formula is C18H22INO2S. The van der Waals surface area contributed by atoms with Gasteiger partial charge in [-0.2, -0.15) is 4.31 Å². The van der Waals surface area contributed by atoms with Gasteiger partial charge in [-0.15, -0.1) is 0 Å². The lowest BCUT2D eigenvalue weighted by Gasteiger charge is -2.16. The second kappa shape index (κ2) is 7.07. The van der Waals surface area contributed by atoms with E-state index in [1.165, 1.54) is 16.4 Å². The largest absolute Gasteiger partial charge is 0.243 e. The van der Waals surface area contributed by atoms with Gasteiger partial charge in [0.15, 0.2) is 0 Å². The summed E-state index contributed by atoms with van der Waals surface area (Å²) in [5.74, 6) is 0.726. The number of rotatable bonds is 5. The van der Waals surface area contributed by atoms with Gasteiger partial charge in [-0.05, 0) is 42.2 Å². The van der Waals surface area contributed by atoms with Crippen molar-refractivity contribution in [3.05, 3.63) is 53.6 Å². The summed E-state index contributed by atoms with van der Waals surface area (Å²) >= 11 is 2.40. The van der Waals surface area contributed by atoms with Crippen LogP contribution in [0.15, 0.2) is 53.0 Å². The van der Waals surface area contributed by atoms with Crippen molar-refractivity contribution in [2.75, 3.05) is 17.5 Å². The minimum absolute atomic E-state index is 0.256. The first-order chi connectivity index (χ1) is 11.0. The van der Waals surface area contributed by atoms with Crippen molar-refractivity contribution in [2.45, 2.75) is 24.7 Å². The van der Waals surface area contributed by atoms with Crippen LogP contribution in [0.25, 0.3) is 0 Å². The number of sulfonamides is 1. The van der Waals surface area contributed by atoms with Crippen molar-refractivity contribution < 1.29 is 8.42 Å². The third-order valence-electron chi connectivity index (χ3n) is 4.58. The Kier molecular flexibility index (Phi) is 5.28. The maximum atomic E-state index is 12.8. The minimum Gasteiger partial charge on any atom is -0.207 e. The monoisotopic (exact) mass is 443 g/mol. The lowest BCUT2D eigenvalue weighted by atomic mass is 9.89. The van der Waals surface area contributed by atoms with E-state index in [0.29, 0.717) is 23.9 Å². The number of fused-ring (bicyclic) bond motifs is 1. The Morgan fingerprint density at radius 3 is 2.65 bits per heavy atom. The van der Waals surface area contributed by atoms with Gasteiger partial charge in [0.25, 0.3) is 0 Å². The topological polar surface area (TPSA) is 37.4 Å². The van der Waals surface area contributed by atoms with Crippen LogP contribution >= 0.6 is 22.6 Å². The van der Waals surface area contributed by atoms with Gasteiger partial charge in [-0.25, -0.2) is 8.42 Å². The molecule has 23 heavy (non-hydrogen) atoms. The van der Waals surface area contributed by atoms with Gasteiger partial charge in [0.1, 0.15) is 0 Å². The van der Waals surface area contributed by atoms with Crippen molar-refractivity contribution in [3.63, 3.8) is 0 Å². The first kappa shape index (κ1) is 17.2. The lowest BCUT2D eigenvalue weighted by Crippen LogP contribution is -2.28. The van der Waals surface area contributed by atoms with Gasteiger partial charge < -0.3 is 0 Å². The zero-order valence-electron chi connectivity index (χ0n) is 13.3. The summed E-state index contributed by atoms with van der Waals surface area (Å²) in [7, 11) is -3.39. The van der Waals surface area contributed by atoms with E-state index in [0.717, 1.165) is 12.0 Å². The highest BCUT2D eigenvalue weighted by Crippen LogP contribution is 2.34. The fraction of sp³-hybridized carbons (Fsp3) is 0.444. The van der Waals surface area contributed by atoms with Crippen LogP contribution in [0.5, 0.6) is 0 Å². The van der Waals surface area contributed by atoms with Gasteiger partial charge in [-0.3, -0.25) is 0 Å². The van der Waals surface area contributed by atoms with Crippen molar-refractivity contribution in [1.82, 2.24) is 4.31 Å². The zero-order valence-corrected chi connectivity index (χ0v) is 16.3. The number of benzene rings is 1. The fourth-order valence-corrected chi connectivity index (χ4v) is 5.12. The van der Waals surface area contributed by atoms with Crippen LogP contribution in [-0.2, 0) is 10.0 Å².